The Labute approximate surface area is 139 Å². The first-order chi connectivity index (χ1) is 11.3. The van der Waals surface area contributed by atoms with Crippen LogP contribution in [0.1, 0.15) is 11.3 Å². The van der Waals surface area contributed by atoms with Crippen molar-refractivity contribution < 1.29 is 4.42 Å². The molecule has 0 amide bonds. The van der Waals surface area contributed by atoms with Crippen molar-refractivity contribution >= 4 is 22.6 Å². The summed E-state index contributed by atoms with van der Waals surface area (Å²) in [6, 6.07) is 21.8. The summed E-state index contributed by atoms with van der Waals surface area (Å²) in [6.45, 7) is 0. The minimum Gasteiger partial charge on any atom is -0.460 e. The SMILES string of the molecule is Clc1ccccc1Cc1oc2ccccc2c1-c1ccccn1. The Morgan fingerprint density at radius 2 is 1.65 bits per heavy atom. The third-order valence-corrected chi connectivity index (χ3v) is 4.27. The van der Waals surface area contributed by atoms with E-state index in [1.165, 1.54) is 0 Å². The Kier molecular flexibility index (Phi) is 3.60. The average molecular weight is 320 g/mol. The van der Waals surface area contributed by atoms with Crippen LogP contribution in [-0.4, -0.2) is 4.98 Å². The second kappa shape index (κ2) is 5.90. The van der Waals surface area contributed by atoms with Crippen molar-refractivity contribution in [3.63, 3.8) is 0 Å². The fraction of sp³-hybridized carbons (Fsp3) is 0.0500. The predicted octanol–water partition coefficient (Wildman–Crippen LogP) is 5.74. The zero-order chi connectivity index (χ0) is 15.6. The van der Waals surface area contributed by atoms with Crippen molar-refractivity contribution in [3.8, 4) is 11.3 Å². The first kappa shape index (κ1) is 14.0. The number of hydrogen-bond acceptors (Lipinski definition) is 2. The van der Waals surface area contributed by atoms with E-state index in [1.54, 1.807) is 6.20 Å². The largest absolute Gasteiger partial charge is 0.460 e. The van der Waals surface area contributed by atoms with Gasteiger partial charge in [-0.2, -0.15) is 0 Å². The van der Waals surface area contributed by atoms with Crippen molar-refractivity contribution in [2.75, 3.05) is 0 Å². The first-order valence-corrected chi connectivity index (χ1v) is 7.86. The van der Waals surface area contributed by atoms with Crippen LogP contribution in [0.15, 0.2) is 77.3 Å². The van der Waals surface area contributed by atoms with E-state index in [9.17, 15) is 0 Å². The summed E-state index contributed by atoms with van der Waals surface area (Å²) in [6.07, 6.45) is 2.44. The summed E-state index contributed by atoms with van der Waals surface area (Å²) in [7, 11) is 0. The molecule has 0 bridgehead atoms. The van der Waals surface area contributed by atoms with Crippen LogP contribution in [-0.2, 0) is 6.42 Å². The van der Waals surface area contributed by atoms with Gasteiger partial charge >= 0.3 is 0 Å². The van der Waals surface area contributed by atoms with Crippen molar-refractivity contribution in [3.05, 3.63) is 89.3 Å². The molecule has 0 aliphatic rings. The Bertz CT molecular complexity index is 960. The standard InChI is InChI=1S/C20H14ClNO/c21-16-9-3-1-7-14(16)13-19-20(17-10-5-6-12-22-17)15-8-2-4-11-18(15)23-19/h1-12H,13H2. The van der Waals surface area contributed by atoms with E-state index in [0.29, 0.717) is 6.42 Å². The summed E-state index contributed by atoms with van der Waals surface area (Å²) in [5.74, 6) is 0.887. The topological polar surface area (TPSA) is 26.0 Å². The third kappa shape index (κ3) is 2.62. The Balaban J connectivity index is 1.91. The van der Waals surface area contributed by atoms with Crippen LogP contribution >= 0.6 is 11.6 Å². The molecule has 0 aliphatic carbocycles. The van der Waals surface area contributed by atoms with Crippen LogP contribution in [0.3, 0.4) is 0 Å². The summed E-state index contributed by atoms with van der Waals surface area (Å²) in [5.41, 5.74) is 3.88. The molecule has 23 heavy (non-hydrogen) atoms. The van der Waals surface area contributed by atoms with Crippen LogP contribution in [0, 0.1) is 0 Å². The lowest BCUT2D eigenvalue weighted by Gasteiger charge is -2.05. The molecular formula is C20H14ClNO. The Morgan fingerprint density at radius 3 is 2.48 bits per heavy atom. The monoisotopic (exact) mass is 319 g/mol. The van der Waals surface area contributed by atoms with E-state index in [4.69, 9.17) is 16.0 Å². The number of pyridine rings is 1. The summed E-state index contributed by atoms with van der Waals surface area (Å²) in [5, 5.41) is 1.83. The summed E-state index contributed by atoms with van der Waals surface area (Å²) >= 11 is 6.31. The highest BCUT2D eigenvalue weighted by atomic mass is 35.5. The van der Waals surface area contributed by atoms with Gasteiger partial charge in [-0.1, -0.05) is 54.1 Å². The first-order valence-electron chi connectivity index (χ1n) is 7.48. The van der Waals surface area contributed by atoms with Gasteiger partial charge in [-0.25, -0.2) is 0 Å². The molecule has 0 spiro atoms. The minimum absolute atomic E-state index is 0.639. The van der Waals surface area contributed by atoms with E-state index in [0.717, 1.165) is 38.6 Å². The highest BCUT2D eigenvalue weighted by molar-refractivity contribution is 6.31. The van der Waals surface area contributed by atoms with Crippen LogP contribution in [0.5, 0.6) is 0 Å². The lowest BCUT2D eigenvalue weighted by molar-refractivity contribution is 0.564. The molecular weight excluding hydrogens is 306 g/mol. The molecule has 2 nitrogen and oxygen atoms in total. The number of benzene rings is 2. The molecule has 0 saturated carbocycles. The van der Waals surface area contributed by atoms with Gasteiger partial charge in [-0.15, -0.1) is 0 Å². The molecule has 0 saturated heterocycles. The van der Waals surface area contributed by atoms with Crippen LogP contribution in [0.25, 0.3) is 22.2 Å². The molecule has 2 heterocycles. The molecule has 112 valence electrons. The molecule has 0 N–H and O–H groups in total. The number of para-hydroxylation sites is 1. The highest BCUT2D eigenvalue weighted by Crippen LogP contribution is 2.35. The number of furan rings is 1. The third-order valence-electron chi connectivity index (χ3n) is 3.90. The maximum atomic E-state index is 6.31. The van der Waals surface area contributed by atoms with E-state index in [1.807, 2.05) is 60.7 Å². The second-order valence-corrected chi connectivity index (χ2v) is 5.79. The number of aromatic nitrogens is 1. The van der Waals surface area contributed by atoms with Gasteiger partial charge < -0.3 is 4.42 Å². The fourth-order valence-corrected chi connectivity index (χ4v) is 3.03. The molecule has 4 rings (SSSR count). The molecule has 0 atom stereocenters. The number of fused-ring (bicyclic) bond motifs is 1. The van der Waals surface area contributed by atoms with Crippen LogP contribution in [0.2, 0.25) is 5.02 Å². The van der Waals surface area contributed by atoms with Gasteiger partial charge in [0.25, 0.3) is 0 Å². The van der Waals surface area contributed by atoms with E-state index in [-0.39, 0.29) is 0 Å². The van der Waals surface area contributed by atoms with Gasteiger partial charge in [0, 0.05) is 28.6 Å². The smallest absolute Gasteiger partial charge is 0.135 e. The van der Waals surface area contributed by atoms with E-state index in [2.05, 4.69) is 11.1 Å². The summed E-state index contributed by atoms with van der Waals surface area (Å²) in [4.78, 5) is 4.50. The van der Waals surface area contributed by atoms with Crippen LogP contribution < -0.4 is 0 Å². The lowest BCUT2D eigenvalue weighted by Crippen LogP contribution is -1.91. The van der Waals surface area contributed by atoms with Gasteiger partial charge in [0.15, 0.2) is 0 Å². The maximum Gasteiger partial charge on any atom is 0.135 e. The van der Waals surface area contributed by atoms with Gasteiger partial charge in [-0.3, -0.25) is 4.98 Å². The maximum absolute atomic E-state index is 6.31. The lowest BCUT2D eigenvalue weighted by atomic mass is 10.0. The van der Waals surface area contributed by atoms with Crippen molar-refractivity contribution in [2.45, 2.75) is 6.42 Å². The Hall–Kier alpha value is -2.58. The molecule has 2 aromatic heterocycles. The van der Waals surface area contributed by atoms with Crippen molar-refractivity contribution in [2.24, 2.45) is 0 Å². The van der Waals surface area contributed by atoms with Crippen molar-refractivity contribution in [1.29, 1.82) is 0 Å². The number of nitrogens with zero attached hydrogens (tertiary/aromatic N) is 1. The predicted molar refractivity (Wildman–Crippen MR) is 93.7 cm³/mol. The fourth-order valence-electron chi connectivity index (χ4n) is 2.83. The molecule has 4 aromatic rings. The van der Waals surface area contributed by atoms with Crippen molar-refractivity contribution in [1.82, 2.24) is 4.98 Å². The second-order valence-electron chi connectivity index (χ2n) is 5.38. The van der Waals surface area contributed by atoms with Gasteiger partial charge in [0.1, 0.15) is 11.3 Å². The number of hydrogen-bond donors (Lipinski definition) is 0. The average Bonchev–Trinajstić information content (AvgIpc) is 2.95. The molecule has 0 radical (unpaired) electrons. The normalized spacial score (nSPS) is 11.0. The number of halogens is 1. The number of rotatable bonds is 3. The minimum atomic E-state index is 0.639. The van der Waals surface area contributed by atoms with E-state index < -0.39 is 0 Å². The molecule has 0 fully saturated rings. The van der Waals surface area contributed by atoms with Crippen LogP contribution in [0.4, 0.5) is 0 Å². The van der Waals surface area contributed by atoms with Gasteiger partial charge in [0.2, 0.25) is 0 Å². The molecule has 0 aliphatic heterocycles. The zero-order valence-corrected chi connectivity index (χ0v) is 13.1. The highest BCUT2D eigenvalue weighted by Gasteiger charge is 2.17. The quantitative estimate of drug-likeness (QED) is 0.481. The van der Waals surface area contributed by atoms with Gasteiger partial charge in [-0.05, 0) is 29.8 Å². The zero-order valence-electron chi connectivity index (χ0n) is 12.4. The van der Waals surface area contributed by atoms with Gasteiger partial charge in [0.05, 0.1) is 5.69 Å². The molecule has 2 aromatic carbocycles. The Morgan fingerprint density at radius 1 is 0.870 bits per heavy atom. The summed E-state index contributed by atoms with van der Waals surface area (Å²) < 4.78 is 6.11. The molecule has 3 heteroatoms. The molecule has 0 unspecified atom stereocenters. The van der Waals surface area contributed by atoms with E-state index >= 15 is 0 Å².